The molecule has 2 unspecified atom stereocenters. The van der Waals surface area contributed by atoms with E-state index >= 15 is 0 Å². The zero-order valence-corrected chi connectivity index (χ0v) is 15.5. The number of aliphatic hydroxyl groups excluding tert-OH is 1. The van der Waals surface area contributed by atoms with Crippen LogP contribution in [0.1, 0.15) is 6.42 Å². The van der Waals surface area contributed by atoms with Crippen LogP contribution in [0.4, 0.5) is 5.82 Å². The lowest BCUT2D eigenvalue weighted by molar-refractivity contribution is -0.119. The number of rotatable bonds is 3. The average molecular weight is 419 g/mol. The number of hydrogen-bond donors (Lipinski definition) is 2. The molecule has 0 saturated carbocycles. The fraction of sp³-hybridized carbons (Fsp3) is 0.235. The van der Waals surface area contributed by atoms with Crippen molar-refractivity contribution in [1.29, 1.82) is 0 Å². The van der Waals surface area contributed by atoms with E-state index in [9.17, 15) is 9.90 Å². The van der Waals surface area contributed by atoms with Gasteiger partial charge in [-0.05, 0) is 23.8 Å². The van der Waals surface area contributed by atoms with Crippen LogP contribution in [0, 0.1) is 0 Å². The van der Waals surface area contributed by atoms with Gasteiger partial charge in [-0.1, -0.05) is 28.1 Å². The number of nitrogens with zero attached hydrogens (tertiary/aromatic N) is 3. The van der Waals surface area contributed by atoms with Gasteiger partial charge in [-0.25, -0.2) is 9.97 Å². The van der Waals surface area contributed by atoms with E-state index in [2.05, 4.69) is 25.9 Å². The molecule has 1 aliphatic heterocycles. The Morgan fingerprint density at radius 3 is 2.80 bits per heavy atom. The lowest BCUT2D eigenvalue weighted by Gasteiger charge is -2.23. The van der Waals surface area contributed by atoms with Gasteiger partial charge in [-0.2, -0.15) is 0 Å². The summed E-state index contributed by atoms with van der Waals surface area (Å²) >= 11 is 5.01. The Morgan fingerprint density at radius 2 is 2.08 bits per heavy atom. The molecule has 3 heterocycles. The minimum atomic E-state index is -0.589. The molecule has 0 bridgehead atoms. The van der Waals surface area contributed by atoms with Crippen LogP contribution in [-0.2, 0) is 4.79 Å². The lowest BCUT2D eigenvalue weighted by Crippen LogP contribution is -2.40. The Morgan fingerprint density at radius 1 is 1.32 bits per heavy atom. The second-order valence-corrected chi connectivity index (χ2v) is 7.96. The predicted molar refractivity (Wildman–Crippen MR) is 102 cm³/mol. The van der Waals surface area contributed by atoms with Gasteiger partial charge in [0.05, 0.1) is 16.3 Å². The number of carbonyl (C=O) groups excluding carboxylic acids is 1. The maximum absolute atomic E-state index is 11.8. The van der Waals surface area contributed by atoms with Crippen molar-refractivity contribution in [1.82, 2.24) is 9.97 Å². The van der Waals surface area contributed by atoms with Gasteiger partial charge in [0.15, 0.2) is 5.82 Å². The van der Waals surface area contributed by atoms with Crippen molar-refractivity contribution in [2.45, 2.75) is 18.6 Å². The molecule has 2 atom stereocenters. The zero-order chi connectivity index (χ0) is 17.6. The second kappa shape index (κ2) is 6.36. The number of carbonyl (C=O) groups is 1. The van der Waals surface area contributed by atoms with E-state index < -0.39 is 18.1 Å². The minimum absolute atomic E-state index is 0.325. The van der Waals surface area contributed by atoms with Crippen molar-refractivity contribution in [2.75, 3.05) is 11.4 Å². The summed E-state index contributed by atoms with van der Waals surface area (Å²) in [6.07, 6.45) is 1.22. The first kappa shape index (κ1) is 16.4. The van der Waals surface area contributed by atoms with Crippen molar-refractivity contribution >= 4 is 49.2 Å². The maximum atomic E-state index is 11.8. The Kier molecular flexibility index (Phi) is 4.18. The predicted octanol–water partition coefficient (Wildman–Crippen LogP) is 2.55. The highest BCUT2D eigenvalue weighted by Crippen LogP contribution is 2.39. The summed E-state index contributed by atoms with van der Waals surface area (Å²) < 4.78 is 1.91. The molecule has 6 nitrogen and oxygen atoms in total. The van der Waals surface area contributed by atoms with Crippen molar-refractivity contribution in [2.24, 2.45) is 5.73 Å². The topological polar surface area (TPSA) is 92.3 Å². The fourth-order valence-corrected chi connectivity index (χ4v) is 4.51. The van der Waals surface area contributed by atoms with Gasteiger partial charge < -0.3 is 15.7 Å². The summed E-state index contributed by atoms with van der Waals surface area (Å²) in [4.78, 5) is 23.3. The molecule has 0 radical (unpaired) electrons. The Labute approximate surface area is 156 Å². The van der Waals surface area contributed by atoms with Crippen LogP contribution >= 0.6 is 27.3 Å². The molecule has 1 aromatic carbocycles. The number of primary amides is 1. The summed E-state index contributed by atoms with van der Waals surface area (Å²) in [6, 6.07) is 9.52. The smallest absolute Gasteiger partial charge is 0.240 e. The van der Waals surface area contributed by atoms with Crippen molar-refractivity contribution < 1.29 is 9.90 Å². The van der Waals surface area contributed by atoms with E-state index in [4.69, 9.17) is 5.73 Å². The fourth-order valence-electron chi connectivity index (χ4n) is 3.12. The summed E-state index contributed by atoms with van der Waals surface area (Å²) in [7, 11) is 0. The Bertz CT molecular complexity index is 943. The second-order valence-electron chi connectivity index (χ2n) is 5.99. The molecule has 0 spiro atoms. The molecule has 2 aromatic heterocycles. The van der Waals surface area contributed by atoms with Crippen molar-refractivity contribution in [3.63, 3.8) is 0 Å². The van der Waals surface area contributed by atoms with Crippen LogP contribution in [0.15, 0.2) is 41.1 Å². The summed E-state index contributed by atoms with van der Waals surface area (Å²) in [5.74, 6) is 0.201. The van der Waals surface area contributed by atoms with Gasteiger partial charge in [0.25, 0.3) is 0 Å². The first-order chi connectivity index (χ1) is 12.0. The summed E-state index contributed by atoms with van der Waals surface area (Å²) in [6.45, 7) is 0.339. The minimum Gasteiger partial charge on any atom is -0.391 e. The highest BCUT2D eigenvalue weighted by atomic mass is 79.9. The SMILES string of the molecule is NC(=O)C1CC(O)CN1c1ncnc2cc(-c3ccc(Br)cc3)sc12. The Hall–Kier alpha value is -2.03. The molecule has 25 heavy (non-hydrogen) atoms. The van der Waals surface area contributed by atoms with Gasteiger partial charge in [0.1, 0.15) is 12.4 Å². The number of hydrogen-bond acceptors (Lipinski definition) is 6. The van der Waals surface area contributed by atoms with Gasteiger partial charge in [-0.3, -0.25) is 4.79 Å². The van der Waals surface area contributed by atoms with Crippen LogP contribution in [0.3, 0.4) is 0 Å². The number of halogens is 1. The standard InChI is InChI=1S/C17H15BrN4O2S/c18-10-3-1-9(2-4-10)14-6-12-15(25-14)17(21-8-20-12)22-7-11(23)5-13(22)16(19)24/h1-4,6,8,11,13,23H,5,7H2,(H2,19,24). The monoisotopic (exact) mass is 418 g/mol. The van der Waals surface area contributed by atoms with E-state index in [0.717, 1.165) is 25.1 Å². The number of nitrogens with two attached hydrogens (primary N) is 1. The van der Waals surface area contributed by atoms with E-state index in [1.807, 2.05) is 30.3 Å². The van der Waals surface area contributed by atoms with Crippen LogP contribution < -0.4 is 10.6 Å². The first-order valence-electron chi connectivity index (χ1n) is 7.77. The van der Waals surface area contributed by atoms with Crippen molar-refractivity contribution in [3.05, 3.63) is 41.1 Å². The number of aliphatic hydroxyl groups is 1. The molecule has 4 rings (SSSR count). The third-order valence-corrected chi connectivity index (χ3v) is 6.00. The van der Waals surface area contributed by atoms with Gasteiger partial charge in [0, 0.05) is 22.3 Å². The number of aromatic nitrogens is 2. The number of fused-ring (bicyclic) bond motifs is 1. The van der Waals surface area contributed by atoms with Crippen LogP contribution in [0.5, 0.6) is 0 Å². The summed E-state index contributed by atoms with van der Waals surface area (Å²) in [5, 5.41) is 9.97. The molecule has 128 valence electrons. The third kappa shape index (κ3) is 3.01. The molecule has 1 amide bonds. The van der Waals surface area contributed by atoms with E-state index in [1.165, 1.54) is 6.33 Å². The van der Waals surface area contributed by atoms with Crippen LogP contribution in [0.2, 0.25) is 0 Å². The quantitative estimate of drug-likeness (QED) is 0.681. The number of β-amino-alcohol motifs (C(OH)–C–C–N with tert-alkyl or cyclic N) is 1. The maximum Gasteiger partial charge on any atom is 0.240 e. The van der Waals surface area contributed by atoms with E-state index in [-0.39, 0.29) is 0 Å². The van der Waals surface area contributed by atoms with E-state index in [1.54, 1.807) is 16.2 Å². The molecule has 3 N–H and O–H groups in total. The van der Waals surface area contributed by atoms with Crippen molar-refractivity contribution in [3.8, 4) is 10.4 Å². The lowest BCUT2D eigenvalue weighted by atomic mass is 10.2. The molecule has 0 aliphatic carbocycles. The van der Waals surface area contributed by atoms with Gasteiger partial charge in [-0.15, -0.1) is 11.3 Å². The van der Waals surface area contributed by atoms with E-state index in [0.29, 0.717) is 18.8 Å². The largest absolute Gasteiger partial charge is 0.391 e. The molecule has 1 aliphatic rings. The average Bonchev–Trinajstić information content (AvgIpc) is 3.18. The molecule has 1 fully saturated rings. The number of benzene rings is 1. The van der Waals surface area contributed by atoms with Gasteiger partial charge in [0.2, 0.25) is 5.91 Å². The normalized spacial score (nSPS) is 20.3. The highest BCUT2D eigenvalue weighted by molar-refractivity contribution is 9.10. The number of amides is 1. The van der Waals surface area contributed by atoms with Crippen LogP contribution in [-0.4, -0.2) is 39.7 Å². The molecule has 1 saturated heterocycles. The Balaban J connectivity index is 1.80. The molecule has 8 heteroatoms. The highest BCUT2D eigenvalue weighted by Gasteiger charge is 2.36. The van der Waals surface area contributed by atoms with Gasteiger partial charge >= 0.3 is 0 Å². The molecule has 3 aromatic rings. The van der Waals surface area contributed by atoms with Crippen LogP contribution in [0.25, 0.3) is 20.7 Å². The number of anilines is 1. The summed E-state index contributed by atoms with van der Waals surface area (Å²) in [5.41, 5.74) is 7.41. The number of thiophene rings is 1. The first-order valence-corrected chi connectivity index (χ1v) is 9.38. The third-order valence-electron chi connectivity index (χ3n) is 4.30. The molecular weight excluding hydrogens is 404 g/mol. The molecular formula is C17H15BrN4O2S. The zero-order valence-electron chi connectivity index (χ0n) is 13.1.